The zero-order valence-corrected chi connectivity index (χ0v) is 17.0. The second kappa shape index (κ2) is 6.36. The number of nitrogens with one attached hydrogen (secondary N) is 1. The number of rotatable bonds is 4. The van der Waals surface area contributed by atoms with Gasteiger partial charge in [-0.15, -0.1) is 0 Å². The van der Waals surface area contributed by atoms with Gasteiger partial charge in [0.2, 0.25) is 0 Å². The average Bonchev–Trinajstić information content (AvgIpc) is 2.49. The molecule has 1 aromatic carbocycles. The maximum atomic E-state index is 12.9. The Kier molecular flexibility index (Phi) is 4.41. The summed E-state index contributed by atoms with van der Waals surface area (Å²) in [6.07, 6.45) is 6.29. The lowest BCUT2D eigenvalue weighted by Crippen LogP contribution is -2.56. The van der Waals surface area contributed by atoms with Crippen molar-refractivity contribution >= 4 is 33.5 Å². The van der Waals surface area contributed by atoms with Gasteiger partial charge in [-0.25, -0.2) is 0 Å². The summed E-state index contributed by atoms with van der Waals surface area (Å²) in [6.45, 7) is 3.77. The van der Waals surface area contributed by atoms with E-state index in [4.69, 9.17) is 4.74 Å². The van der Waals surface area contributed by atoms with Crippen molar-refractivity contribution in [3.8, 4) is 0 Å². The molecule has 0 heterocycles. The fourth-order valence-corrected chi connectivity index (χ4v) is 7.37. The van der Waals surface area contributed by atoms with Gasteiger partial charge in [0.1, 0.15) is 0 Å². The second-order valence-corrected chi connectivity index (χ2v) is 10.6. The van der Waals surface area contributed by atoms with E-state index in [1.54, 1.807) is 0 Å². The number of carbonyl (C=O) groups is 2. The van der Waals surface area contributed by atoms with Crippen molar-refractivity contribution in [1.29, 1.82) is 0 Å². The van der Waals surface area contributed by atoms with Crippen LogP contribution in [0.1, 0.15) is 49.7 Å². The van der Waals surface area contributed by atoms with Crippen LogP contribution in [0.5, 0.6) is 0 Å². The summed E-state index contributed by atoms with van der Waals surface area (Å²) in [4.78, 5) is 25.1. The van der Waals surface area contributed by atoms with Gasteiger partial charge in [-0.1, -0.05) is 22.0 Å². The van der Waals surface area contributed by atoms with Gasteiger partial charge < -0.3 is 10.1 Å². The Balaban J connectivity index is 1.37. The summed E-state index contributed by atoms with van der Waals surface area (Å²) in [6, 6.07) is 5.89. The highest BCUT2D eigenvalue weighted by Gasteiger charge is 2.60. The van der Waals surface area contributed by atoms with Crippen molar-refractivity contribution in [2.75, 3.05) is 11.9 Å². The molecule has 0 saturated heterocycles. The molecule has 1 aromatic rings. The van der Waals surface area contributed by atoms with E-state index in [0.29, 0.717) is 11.8 Å². The SMILES string of the molecule is Cc1cc(C)cc(NC(=O)COC(=O)C23C[C@@H]4C[C@@H](CC(Br)(C4)C2)C3)c1. The van der Waals surface area contributed by atoms with Crippen LogP contribution in [0.3, 0.4) is 0 Å². The molecule has 0 aromatic heterocycles. The molecule has 4 aliphatic carbocycles. The Morgan fingerprint density at radius 3 is 2.31 bits per heavy atom. The molecular weight excluding hydrogens is 394 g/mol. The van der Waals surface area contributed by atoms with Crippen molar-refractivity contribution in [2.24, 2.45) is 17.3 Å². The maximum absolute atomic E-state index is 12.9. The number of hydrogen-bond donors (Lipinski definition) is 1. The molecule has 4 aliphatic rings. The van der Waals surface area contributed by atoms with Gasteiger partial charge in [-0.05, 0) is 87.5 Å². The molecule has 2 unspecified atom stereocenters. The lowest BCUT2D eigenvalue weighted by atomic mass is 9.49. The van der Waals surface area contributed by atoms with E-state index < -0.39 is 0 Å². The van der Waals surface area contributed by atoms with Crippen LogP contribution >= 0.6 is 15.9 Å². The number of benzene rings is 1. The molecule has 4 nitrogen and oxygen atoms in total. The molecule has 0 radical (unpaired) electrons. The monoisotopic (exact) mass is 419 g/mol. The van der Waals surface area contributed by atoms with Crippen LogP contribution in [0.25, 0.3) is 0 Å². The molecular formula is C21H26BrNO3. The van der Waals surface area contributed by atoms with Crippen LogP contribution in [-0.4, -0.2) is 22.8 Å². The maximum Gasteiger partial charge on any atom is 0.312 e. The van der Waals surface area contributed by atoms with Crippen molar-refractivity contribution in [3.05, 3.63) is 29.3 Å². The van der Waals surface area contributed by atoms with Gasteiger partial charge in [0.15, 0.2) is 6.61 Å². The molecule has 4 saturated carbocycles. The Bertz CT molecular complexity index is 725. The molecule has 4 fully saturated rings. The number of anilines is 1. The van der Waals surface area contributed by atoms with Crippen LogP contribution in [0.4, 0.5) is 5.69 Å². The van der Waals surface area contributed by atoms with Gasteiger partial charge in [-0.3, -0.25) is 9.59 Å². The molecule has 1 amide bonds. The van der Waals surface area contributed by atoms with E-state index in [1.165, 1.54) is 19.3 Å². The zero-order chi connectivity index (χ0) is 18.5. The Morgan fingerprint density at radius 2 is 1.73 bits per heavy atom. The summed E-state index contributed by atoms with van der Waals surface area (Å²) >= 11 is 3.91. The van der Waals surface area contributed by atoms with E-state index in [-0.39, 0.29) is 28.2 Å². The molecule has 140 valence electrons. The van der Waals surface area contributed by atoms with Crippen LogP contribution in [0.15, 0.2) is 18.2 Å². The van der Waals surface area contributed by atoms with E-state index in [1.807, 2.05) is 26.0 Å². The van der Waals surface area contributed by atoms with Gasteiger partial charge in [0.05, 0.1) is 5.41 Å². The van der Waals surface area contributed by atoms with E-state index in [9.17, 15) is 9.59 Å². The first-order valence-electron chi connectivity index (χ1n) is 9.50. The second-order valence-electron chi connectivity index (χ2n) is 8.89. The van der Waals surface area contributed by atoms with Gasteiger partial charge in [0, 0.05) is 10.0 Å². The number of hydrogen-bond acceptors (Lipinski definition) is 3. The zero-order valence-electron chi connectivity index (χ0n) is 15.4. The number of halogens is 1. The number of ether oxygens (including phenoxy) is 1. The third-order valence-corrected chi connectivity index (χ3v) is 7.19. The summed E-state index contributed by atoms with van der Waals surface area (Å²) in [7, 11) is 0. The molecule has 5 heteroatoms. The highest BCUT2D eigenvalue weighted by molar-refractivity contribution is 9.10. The number of esters is 1. The topological polar surface area (TPSA) is 55.4 Å². The standard InChI is InChI=1S/C21H26BrNO3/c1-13-3-14(2)5-17(4-13)23-18(24)11-26-19(25)20-7-15-6-16(8-20)10-21(22,9-15)12-20/h3-5,15-16H,6-12H2,1-2H3,(H,23,24)/t15-,16+,20?,21?. The fraction of sp³-hybridized carbons (Fsp3) is 0.619. The summed E-state index contributed by atoms with van der Waals surface area (Å²) < 4.78 is 5.60. The minimum atomic E-state index is -0.381. The van der Waals surface area contributed by atoms with E-state index in [2.05, 4.69) is 27.3 Å². The van der Waals surface area contributed by atoms with Crippen LogP contribution in [0, 0.1) is 31.1 Å². The minimum absolute atomic E-state index is 0.109. The first-order valence-corrected chi connectivity index (χ1v) is 10.3. The average molecular weight is 420 g/mol. The number of aryl methyl sites for hydroxylation is 2. The van der Waals surface area contributed by atoms with Crippen molar-refractivity contribution < 1.29 is 14.3 Å². The molecule has 0 spiro atoms. The third kappa shape index (κ3) is 3.42. The highest BCUT2D eigenvalue weighted by Crippen LogP contribution is 2.64. The normalized spacial score (nSPS) is 34.6. The number of amides is 1. The lowest BCUT2D eigenvalue weighted by molar-refractivity contribution is -0.170. The fourth-order valence-electron chi connectivity index (χ4n) is 5.92. The third-order valence-electron chi connectivity index (χ3n) is 6.26. The van der Waals surface area contributed by atoms with Crippen molar-refractivity contribution in [2.45, 2.75) is 56.7 Å². The van der Waals surface area contributed by atoms with Crippen LogP contribution in [-0.2, 0) is 14.3 Å². The van der Waals surface area contributed by atoms with Crippen LogP contribution in [0.2, 0.25) is 0 Å². The lowest BCUT2D eigenvalue weighted by Gasteiger charge is -2.58. The summed E-state index contributed by atoms with van der Waals surface area (Å²) in [5.41, 5.74) is 2.55. The number of carbonyl (C=O) groups excluding carboxylic acids is 2. The van der Waals surface area contributed by atoms with Gasteiger partial charge in [-0.2, -0.15) is 0 Å². The van der Waals surface area contributed by atoms with E-state index >= 15 is 0 Å². The summed E-state index contributed by atoms with van der Waals surface area (Å²) in [5, 5.41) is 2.83. The Morgan fingerprint density at radius 1 is 1.12 bits per heavy atom. The molecule has 5 rings (SSSR count). The molecule has 0 aliphatic heterocycles. The molecule has 4 bridgehead atoms. The highest BCUT2D eigenvalue weighted by atomic mass is 79.9. The Labute approximate surface area is 163 Å². The Hall–Kier alpha value is -1.36. The smallest absolute Gasteiger partial charge is 0.312 e. The van der Waals surface area contributed by atoms with Gasteiger partial charge >= 0.3 is 5.97 Å². The minimum Gasteiger partial charge on any atom is -0.455 e. The van der Waals surface area contributed by atoms with E-state index in [0.717, 1.165) is 36.1 Å². The quantitative estimate of drug-likeness (QED) is 0.576. The first kappa shape index (κ1) is 18.0. The van der Waals surface area contributed by atoms with Crippen molar-refractivity contribution in [1.82, 2.24) is 0 Å². The predicted octanol–water partition coefficient (Wildman–Crippen LogP) is 4.52. The first-order chi connectivity index (χ1) is 12.3. The largest absolute Gasteiger partial charge is 0.455 e. The molecule has 4 atom stereocenters. The van der Waals surface area contributed by atoms with Crippen molar-refractivity contribution in [3.63, 3.8) is 0 Å². The predicted molar refractivity (Wildman–Crippen MR) is 104 cm³/mol. The van der Waals surface area contributed by atoms with Gasteiger partial charge in [0.25, 0.3) is 5.91 Å². The van der Waals surface area contributed by atoms with Crippen LogP contribution < -0.4 is 5.32 Å². The number of alkyl halides is 1. The molecule has 26 heavy (non-hydrogen) atoms. The molecule has 1 N–H and O–H groups in total. The summed E-state index contributed by atoms with van der Waals surface area (Å²) in [5.74, 6) is 0.784.